The summed E-state index contributed by atoms with van der Waals surface area (Å²) in [6, 6.07) is 5.16. The van der Waals surface area contributed by atoms with E-state index in [2.05, 4.69) is 0 Å². The van der Waals surface area contributed by atoms with Gasteiger partial charge in [0.2, 0.25) is 0 Å². The third-order valence-electron chi connectivity index (χ3n) is 4.07. The quantitative estimate of drug-likeness (QED) is 0.732. The van der Waals surface area contributed by atoms with Crippen molar-refractivity contribution in [3.63, 3.8) is 0 Å². The number of fused-ring (bicyclic) bond motifs is 1. The molecule has 1 unspecified atom stereocenters. The van der Waals surface area contributed by atoms with Crippen LogP contribution in [0.2, 0.25) is 0 Å². The van der Waals surface area contributed by atoms with Crippen molar-refractivity contribution in [2.45, 2.75) is 24.4 Å². The van der Waals surface area contributed by atoms with Crippen LogP contribution in [-0.2, 0) is 5.92 Å². The van der Waals surface area contributed by atoms with Crippen molar-refractivity contribution in [2.75, 3.05) is 0 Å². The summed E-state index contributed by atoms with van der Waals surface area (Å²) >= 11 is 0. The second-order valence-electron chi connectivity index (χ2n) is 5.73. The van der Waals surface area contributed by atoms with Crippen LogP contribution in [0.3, 0.4) is 0 Å². The lowest BCUT2D eigenvalue weighted by Gasteiger charge is -2.21. The van der Waals surface area contributed by atoms with Crippen molar-refractivity contribution in [3.05, 3.63) is 58.4 Å². The summed E-state index contributed by atoms with van der Waals surface area (Å²) in [4.78, 5) is 0. The van der Waals surface area contributed by atoms with Crippen molar-refractivity contribution in [1.82, 2.24) is 0 Å². The highest BCUT2D eigenvalue weighted by Gasteiger charge is 2.69. The minimum atomic E-state index is -5.00. The predicted octanol–water partition coefficient (Wildman–Crippen LogP) is 5.20. The van der Waals surface area contributed by atoms with Crippen LogP contribution >= 0.6 is 0 Å². The zero-order chi connectivity index (χ0) is 20.1. The number of hydrogen-bond donors (Lipinski definition) is 1. The summed E-state index contributed by atoms with van der Waals surface area (Å²) in [7, 11) is 0. The number of alkyl halides is 6. The fraction of sp³-hybridized carbons (Fsp3) is 0.235. The Morgan fingerprint density at radius 3 is 2.37 bits per heavy atom. The standard InChI is InChI=1S/C17H8F7NO2/c18-8-3-7(6-25)4-9(5-8)27-11-2-1-10-12(13(11)15(19)20)14(26)17(23,24)16(10,21)22/h1-5,14-15,26H. The van der Waals surface area contributed by atoms with E-state index in [1.54, 1.807) is 6.07 Å². The van der Waals surface area contributed by atoms with E-state index >= 15 is 0 Å². The summed E-state index contributed by atoms with van der Waals surface area (Å²) in [5.41, 5.74) is -4.36. The van der Waals surface area contributed by atoms with Gasteiger partial charge in [0.25, 0.3) is 6.43 Å². The van der Waals surface area contributed by atoms with Gasteiger partial charge in [0, 0.05) is 17.2 Å². The highest BCUT2D eigenvalue weighted by atomic mass is 19.3. The van der Waals surface area contributed by atoms with Gasteiger partial charge < -0.3 is 9.84 Å². The van der Waals surface area contributed by atoms with Crippen LogP contribution in [0.15, 0.2) is 30.3 Å². The van der Waals surface area contributed by atoms with Gasteiger partial charge in [0.15, 0.2) is 6.10 Å². The van der Waals surface area contributed by atoms with Crippen molar-refractivity contribution < 1.29 is 40.6 Å². The molecule has 0 heterocycles. The molecule has 3 rings (SSSR count). The molecule has 142 valence electrons. The smallest absolute Gasteiger partial charge is 0.343 e. The second kappa shape index (κ2) is 6.13. The topological polar surface area (TPSA) is 53.2 Å². The van der Waals surface area contributed by atoms with E-state index in [9.17, 15) is 35.8 Å². The third-order valence-corrected chi connectivity index (χ3v) is 4.07. The second-order valence-corrected chi connectivity index (χ2v) is 5.73. The molecule has 0 radical (unpaired) electrons. The number of hydrogen-bond acceptors (Lipinski definition) is 3. The molecule has 0 saturated heterocycles. The monoisotopic (exact) mass is 391 g/mol. The predicted molar refractivity (Wildman–Crippen MR) is 76.4 cm³/mol. The van der Waals surface area contributed by atoms with E-state index in [0.29, 0.717) is 12.1 Å². The minimum Gasteiger partial charge on any atom is -0.457 e. The van der Waals surface area contributed by atoms with Crippen molar-refractivity contribution in [3.8, 4) is 17.6 Å². The molecule has 0 bridgehead atoms. The largest absolute Gasteiger partial charge is 0.457 e. The maximum absolute atomic E-state index is 13.8. The summed E-state index contributed by atoms with van der Waals surface area (Å²) in [5.74, 6) is -12.1. The van der Waals surface area contributed by atoms with Gasteiger partial charge >= 0.3 is 11.8 Å². The summed E-state index contributed by atoms with van der Waals surface area (Å²) in [5, 5.41) is 18.3. The molecular formula is C17H8F7NO2. The molecule has 0 aliphatic heterocycles. The van der Waals surface area contributed by atoms with Gasteiger partial charge in [-0.3, -0.25) is 0 Å². The average molecular weight is 391 g/mol. The fourth-order valence-electron chi connectivity index (χ4n) is 2.84. The van der Waals surface area contributed by atoms with E-state index in [0.717, 1.165) is 18.2 Å². The molecule has 1 aliphatic carbocycles. The van der Waals surface area contributed by atoms with Crippen molar-refractivity contribution in [1.29, 1.82) is 5.26 Å². The first-order chi connectivity index (χ1) is 12.5. The van der Waals surface area contributed by atoms with E-state index in [-0.39, 0.29) is 5.56 Å². The Hall–Kier alpha value is -2.80. The molecule has 27 heavy (non-hydrogen) atoms. The van der Waals surface area contributed by atoms with Crippen LogP contribution in [0, 0.1) is 17.1 Å². The van der Waals surface area contributed by atoms with Gasteiger partial charge in [-0.05, 0) is 24.3 Å². The van der Waals surface area contributed by atoms with Crippen LogP contribution in [0.5, 0.6) is 11.5 Å². The number of nitrogens with zero attached hydrogens (tertiary/aromatic N) is 1. The number of halogens is 7. The number of aliphatic hydroxyl groups is 1. The third kappa shape index (κ3) is 2.78. The van der Waals surface area contributed by atoms with Crippen LogP contribution < -0.4 is 4.74 Å². The van der Waals surface area contributed by atoms with Crippen LogP contribution in [0.25, 0.3) is 0 Å². The van der Waals surface area contributed by atoms with E-state index in [1.807, 2.05) is 0 Å². The number of nitriles is 1. The number of ether oxygens (including phenoxy) is 1. The molecule has 0 amide bonds. The zero-order valence-electron chi connectivity index (χ0n) is 13.0. The van der Waals surface area contributed by atoms with Gasteiger partial charge in [-0.1, -0.05) is 0 Å². The van der Waals surface area contributed by atoms with Crippen molar-refractivity contribution in [2.24, 2.45) is 0 Å². The Kier molecular flexibility index (Phi) is 4.31. The molecule has 0 fully saturated rings. The van der Waals surface area contributed by atoms with E-state index < -0.39 is 58.4 Å². The molecule has 0 spiro atoms. The molecule has 1 atom stereocenters. The molecule has 10 heteroatoms. The Morgan fingerprint density at radius 1 is 1.11 bits per heavy atom. The van der Waals surface area contributed by atoms with Gasteiger partial charge in [-0.25, -0.2) is 13.2 Å². The summed E-state index contributed by atoms with van der Waals surface area (Å²) in [6.07, 6.45) is -6.74. The summed E-state index contributed by atoms with van der Waals surface area (Å²) in [6.45, 7) is 0. The van der Waals surface area contributed by atoms with E-state index in [1.165, 1.54) is 0 Å². The Labute approximate surface area is 147 Å². The highest BCUT2D eigenvalue weighted by molar-refractivity contribution is 5.54. The summed E-state index contributed by atoms with van der Waals surface area (Å²) < 4.78 is 100. The van der Waals surface area contributed by atoms with Gasteiger partial charge in [0.05, 0.1) is 17.2 Å². The number of rotatable bonds is 3. The van der Waals surface area contributed by atoms with E-state index in [4.69, 9.17) is 10.00 Å². The highest BCUT2D eigenvalue weighted by Crippen LogP contribution is 2.60. The normalized spacial score (nSPS) is 19.6. The Bertz CT molecular complexity index is 953. The molecule has 2 aromatic rings. The zero-order valence-corrected chi connectivity index (χ0v) is 13.0. The first kappa shape index (κ1) is 19.0. The molecule has 3 nitrogen and oxygen atoms in total. The lowest BCUT2D eigenvalue weighted by molar-refractivity contribution is -0.246. The van der Waals surface area contributed by atoms with Crippen LogP contribution in [0.1, 0.15) is 34.8 Å². The molecule has 1 N–H and O–H groups in total. The first-order valence-corrected chi connectivity index (χ1v) is 7.28. The average Bonchev–Trinajstić information content (AvgIpc) is 2.71. The maximum Gasteiger partial charge on any atom is 0.343 e. The van der Waals surface area contributed by atoms with Gasteiger partial charge in [-0.15, -0.1) is 0 Å². The van der Waals surface area contributed by atoms with Crippen LogP contribution in [-0.4, -0.2) is 11.0 Å². The fourth-order valence-corrected chi connectivity index (χ4v) is 2.84. The van der Waals surface area contributed by atoms with Gasteiger partial charge in [-0.2, -0.15) is 22.8 Å². The lowest BCUT2D eigenvalue weighted by atomic mass is 10.0. The molecule has 0 saturated carbocycles. The SMILES string of the molecule is N#Cc1cc(F)cc(Oc2ccc3c(c2C(F)F)C(O)C(F)(F)C3(F)F)c1. The molecule has 0 aromatic heterocycles. The molecule has 1 aliphatic rings. The molecule has 2 aromatic carbocycles. The number of aliphatic hydroxyl groups excluding tert-OH is 1. The molecular weight excluding hydrogens is 383 g/mol. The minimum absolute atomic E-state index is 0.220. The Balaban J connectivity index is 2.17. The lowest BCUT2D eigenvalue weighted by Crippen LogP contribution is -2.36. The Morgan fingerprint density at radius 2 is 1.78 bits per heavy atom. The van der Waals surface area contributed by atoms with Gasteiger partial charge in [0.1, 0.15) is 17.3 Å². The van der Waals surface area contributed by atoms with Crippen molar-refractivity contribution >= 4 is 0 Å². The van der Waals surface area contributed by atoms with Crippen LogP contribution in [0.4, 0.5) is 30.7 Å². The first-order valence-electron chi connectivity index (χ1n) is 7.28. The maximum atomic E-state index is 13.8. The number of benzene rings is 2.